The Balaban J connectivity index is 1.73. The van der Waals surface area contributed by atoms with Gasteiger partial charge in [-0.15, -0.1) is 0 Å². The Labute approximate surface area is 172 Å². The molecule has 0 fully saturated rings. The number of rotatable bonds is 6. The molecular weight excluding hydrogens is 384 g/mol. The second kappa shape index (κ2) is 8.15. The second-order valence-electron chi connectivity index (χ2n) is 8.47. The average Bonchev–Trinajstić information content (AvgIpc) is 2.66. The first-order chi connectivity index (χ1) is 13.6. The van der Waals surface area contributed by atoms with E-state index in [2.05, 4.69) is 19.1 Å². The first-order valence-corrected chi connectivity index (χ1v) is 11.6. The van der Waals surface area contributed by atoms with Crippen molar-refractivity contribution in [2.45, 2.75) is 57.5 Å². The third-order valence-electron chi connectivity index (χ3n) is 5.25. The molecule has 3 rings (SSSR count). The highest BCUT2D eigenvalue weighted by Crippen LogP contribution is 2.23. The van der Waals surface area contributed by atoms with Crippen LogP contribution < -0.4 is 5.63 Å². The van der Waals surface area contributed by atoms with Gasteiger partial charge in [-0.05, 0) is 74.4 Å². The van der Waals surface area contributed by atoms with Crippen molar-refractivity contribution in [2.24, 2.45) is 0 Å². The lowest BCUT2D eigenvalue weighted by Crippen LogP contribution is -2.29. The topological polar surface area (TPSA) is 64.3 Å². The van der Waals surface area contributed by atoms with E-state index >= 15 is 0 Å². The smallest absolute Gasteiger partial charge is 0.336 e. The van der Waals surface area contributed by atoms with E-state index in [9.17, 15) is 13.2 Å². The molecule has 0 atom stereocenters. The summed E-state index contributed by atoms with van der Waals surface area (Å²) in [5.74, 6) is 0.0620. The van der Waals surface area contributed by atoms with Gasteiger partial charge < -0.3 is 4.42 Å². The summed E-state index contributed by atoms with van der Waals surface area (Å²) in [4.78, 5) is 11.5. The van der Waals surface area contributed by atoms with E-state index in [1.54, 1.807) is 20.8 Å². The van der Waals surface area contributed by atoms with Gasteiger partial charge in [-0.3, -0.25) is 0 Å². The first-order valence-electron chi connectivity index (χ1n) is 9.95. The summed E-state index contributed by atoms with van der Waals surface area (Å²) in [6.45, 7) is 7.25. The number of fused-ring (bicyclic) bond motifs is 1. The van der Waals surface area contributed by atoms with Crippen LogP contribution in [0.4, 0.5) is 0 Å². The standard InChI is InChI=1S/C24H28O4S/c1-5-20-14-19(15-21-12-13-22(25)28-23(20)21)11-8-17-6-9-18(10-7-17)16-29(26,27)24(2,3)4/h6-7,9-10,12-15H,5,8,11,16H2,1-4H3. The predicted molar refractivity (Wildman–Crippen MR) is 118 cm³/mol. The molecule has 0 bridgehead atoms. The number of aryl methyl sites for hydroxylation is 3. The number of hydrogen-bond acceptors (Lipinski definition) is 4. The molecule has 0 aliphatic heterocycles. The zero-order chi connectivity index (χ0) is 21.2. The Morgan fingerprint density at radius 1 is 0.862 bits per heavy atom. The Bertz CT molecular complexity index is 1160. The molecule has 0 radical (unpaired) electrons. The Morgan fingerprint density at radius 3 is 2.10 bits per heavy atom. The summed E-state index contributed by atoms with van der Waals surface area (Å²) in [7, 11) is -3.18. The highest BCUT2D eigenvalue weighted by atomic mass is 32.2. The predicted octanol–water partition coefficient (Wildman–Crippen LogP) is 4.85. The first kappa shape index (κ1) is 21.3. The van der Waals surface area contributed by atoms with Crippen LogP contribution in [0.25, 0.3) is 11.0 Å². The quantitative estimate of drug-likeness (QED) is 0.543. The molecule has 1 heterocycles. The van der Waals surface area contributed by atoms with Crippen molar-refractivity contribution in [3.8, 4) is 0 Å². The molecule has 0 unspecified atom stereocenters. The van der Waals surface area contributed by atoms with Gasteiger partial charge >= 0.3 is 5.63 Å². The fourth-order valence-corrected chi connectivity index (χ4v) is 4.32. The summed E-state index contributed by atoms with van der Waals surface area (Å²) in [5, 5.41) is 0.946. The summed E-state index contributed by atoms with van der Waals surface area (Å²) in [6, 6.07) is 15.3. The van der Waals surface area contributed by atoms with Crippen LogP contribution in [0.15, 0.2) is 57.7 Å². The van der Waals surface area contributed by atoms with Crippen molar-refractivity contribution in [1.29, 1.82) is 0 Å². The van der Waals surface area contributed by atoms with Crippen LogP contribution >= 0.6 is 0 Å². The lowest BCUT2D eigenvalue weighted by Gasteiger charge is -2.19. The Morgan fingerprint density at radius 2 is 1.48 bits per heavy atom. The van der Waals surface area contributed by atoms with Crippen LogP contribution in [0.5, 0.6) is 0 Å². The minimum absolute atomic E-state index is 0.0620. The Hall–Kier alpha value is -2.40. The monoisotopic (exact) mass is 412 g/mol. The fraction of sp³-hybridized carbons (Fsp3) is 0.375. The third kappa shape index (κ3) is 4.96. The molecule has 0 amide bonds. The molecule has 1 aromatic heterocycles. The molecule has 3 aromatic rings. The number of hydrogen-bond donors (Lipinski definition) is 0. The van der Waals surface area contributed by atoms with Gasteiger partial charge in [0.1, 0.15) is 5.58 Å². The molecule has 0 saturated heterocycles. The molecule has 154 valence electrons. The average molecular weight is 413 g/mol. The van der Waals surface area contributed by atoms with E-state index in [4.69, 9.17) is 4.42 Å². The normalized spacial score (nSPS) is 12.4. The number of sulfone groups is 1. The highest BCUT2D eigenvalue weighted by Gasteiger charge is 2.28. The molecule has 2 aromatic carbocycles. The van der Waals surface area contributed by atoms with Crippen molar-refractivity contribution in [1.82, 2.24) is 0 Å². The van der Waals surface area contributed by atoms with Crippen molar-refractivity contribution in [2.75, 3.05) is 0 Å². The van der Waals surface area contributed by atoms with Crippen LogP contribution in [0.2, 0.25) is 0 Å². The van der Waals surface area contributed by atoms with E-state index in [1.807, 2.05) is 30.3 Å². The molecule has 4 nitrogen and oxygen atoms in total. The molecule has 29 heavy (non-hydrogen) atoms. The van der Waals surface area contributed by atoms with Crippen molar-refractivity contribution in [3.63, 3.8) is 0 Å². The molecule has 0 spiro atoms. The van der Waals surface area contributed by atoms with E-state index in [0.717, 1.165) is 35.8 Å². The highest BCUT2D eigenvalue weighted by molar-refractivity contribution is 7.91. The molecule has 0 saturated carbocycles. The van der Waals surface area contributed by atoms with E-state index in [-0.39, 0.29) is 11.4 Å². The van der Waals surface area contributed by atoms with Gasteiger partial charge in [0.05, 0.1) is 10.5 Å². The Kier molecular flexibility index (Phi) is 5.99. The van der Waals surface area contributed by atoms with Gasteiger partial charge in [-0.1, -0.05) is 37.3 Å². The maximum Gasteiger partial charge on any atom is 0.336 e. The van der Waals surface area contributed by atoms with Gasteiger partial charge in [0.2, 0.25) is 0 Å². The third-order valence-corrected chi connectivity index (χ3v) is 7.83. The summed E-state index contributed by atoms with van der Waals surface area (Å²) in [5.41, 5.74) is 4.57. The number of benzene rings is 2. The maximum atomic E-state index is 12.4. The molecule has 5 heteroatoms. The van der Waals surface area contributed by atoms with E-state index < -0.39 is 14.6 Å². The van der Waals surface area contributed by atoms with Crippen LogP contribution in [-0.4, -0.2) is 13.2 Å². The lowest BCUT2D eigenvalue weighted by molar-refractivity contribution is 0.557. The van der Waals surface area contributed by atoms with E-state index in [1.165, 1.54) is 17.2 Å². The van der Waals surface area contributed by atoms with Crippen LogP contribution in [-0.2, 0) is 34.9 Å². The van der Waals surface area contributed by atoms with Gasteiger partial charge in [0, 0.05) is 11.5 Å². The second-order valence-corrected chi connectivity index (χ2v) is 11.2. The molecular formula is C24H28O4S. The molecule has 0 N–H and O–H groups in total. The minimum Gasteiger partial charge on any atom is -0.422 e. The summed E-state index contributed by atoms with van der Waals surface area (Å²) >= 11 is 0. The SMILES string of the molecule is CCc1cc(CCc2ccc(CS(=O)(=O)C(C)(C)C)cc2)cc2ccc(=O)oc12. The van der Waals surface area contributed by atoms with E-state index in [0.29, 0.717) is 5.58 Å². The van der Waals surface area contributed by atoms with Gasteiger partial charge in [0.15, 0.2) is 9.84 Å². The van der Waals surface area contributed by atoms with Crippen LogP contribution in [0.1, 0.15) is 49.9 Å². The maximum absolute atomic E-state index is 12.4. The minimum atomic E-state index is -3.18. The van der Waals surface area contributed by atoms with Crippen LogP contribution in [0, 0.1) is 0 Å². The van der Waals surface area contributed by atoms with Gasteiger partial charge in [0.25, 0.3) is 0 Å². The lowest BCUT2D eigenvalue weighted by atomic mass is 9.99. The van der Waals surface area contributed by atoms with Gasteiger partial charge in [-0.25, -0.2) is 13.2 Å². The zero-order valence-electron chi connectivity index (χ0n) is 17.5. The van der Waals surface area contributed by atoms with Crippen molar-refractivity contribution >= 4 is 20.8 Å². The summed E-state index contributed by atoms with van der Waals surface area (Å²) < 4.78 is 29.4. The zero-order valence-corrected chi connectivity index (χ0v) is 18.3. The van der Waals surface area contributed by atoms with Crippen LogP contribution in [0.3, 0.4) is 0 Å². The largest absolute Gasteiger partial charge is 0.422 e. The fourth-order valence-electron chi connectivity index (χ4n) is 3.26. The van der Waals surface area contributed by atoms with Crippen molar-refractivity contribution in [3.05, 3.63) is 81.2 Å². The molecule has 0 aliphatic rings. The van der Waals surface area contributed by atoms with Crippen molar-refractivity contribution < 1.29 is 12.8 Å². The van der Waals surface area contributed by atoms with Gasteiger partial charge in [-0.2, -0.15) is 0 Å². The summed E-state index contributed by atoms with van der Waals surface area (Å²) in [6.07, 6.45) is 2.52. The molecule has 0 aliphatic carbocycles.